The Labute approximate surface area is 154 Å². The second-order valence-corrected chi connectivity index (χ2v) is 5.97. The fraction of sp³-hybridized carbons (Fsp3) is 0.211. The molecular formula is C19H16N2O6. The zero-order valence-electron chi connectivity index (χ0n) is 14.5. The third-order valence-electron chi connectivity index (χ3n) is 4.25. The smallest absolute Gasteiger partial charge is 0.270 e. The highest BCUT2D eigenvalue weighted by atomic mass is 16.6. The summed E-state index contributed by atoms with van der Waals surface area (Å²) in [6.45, 7) is 1.28. The normalized spacial score (nSPS) is 16.3. The van der Waals surface area contributed by atoms with Crippen LogP contribution in [0.3, 0.4) is 0 Å². The van der Waals surface area contributed by atoms with E-state index in [1.165, 1.54) is 30.3 Å². The highest BCUT2D eigenvalue weighted by Gasteiger charge is 2.36. The van der Waals surface area contributed by atoms with E-state index in [2.05, 4.69) is 0 Å². The first-order valence-electron chi connectivity index (χ1n) is 8.31. The molecule has 1 aliphatic rings. The zero-order valence-corrected chi connectivity index (χ0v) is 14.5. The molecular weight excluding hydrogens is 352 g/mol. The van der Waals surface area contributed by atoms with Gasteiger partial charge < -0.3 is 4.74 Å². The Morgan fingerprint density at radius 1 is 1.15 bits per heavy atom. The van der Waals surface area contributed by atoms with Crippen molar-refractivity contribution < 1.29 is 24.0 Å². The van der Waals surface area contributed by atoms with E-state index >= 15 is 0 Å². The Morgan fingerprint density at radius 2 is 1.81 bits per heavy atom. The maximum Gasteiger partial charge on any atom is 0.270 e. The minimum Gasteiger partial charge on any atom is -0.480 e. The van der Waals surface area contributed by atoms with E-state index in [9.17, 15) is 24.5 Å². The fourth-order valence-corrected chi connectivity index (χ4v) is 2.78. The topological polar surface area (TPSA) is 107 Å². The summed E-state index contributed by atoms with van der Waals surface area (Å²) >= 11 is 0. The van der Waals surface area contributed by atoms with Gasteiger partial charge >= 0.3 is 0 Å². The largest absolute Gasteiger partial charge is 0.480 e. The number of ketones is 1. The lowest BCUT2D eigenvalue weighted by atomic mass is 10.1. The molecule has 3 rings (SSSR count). The van der Waals surface area contributed by atoms with Gasteiger partial charge in [0.25, 0.3) is 17.5 Å². The summed E-state index contributed by atoms with van der Waals surface area (Å²) in [4.78, 5) is 49.1. The lowest BCUT2D eigenvalue weighted by Gasteiger charge is -2.21. The van der Waals surface area contributed by atoms with Gasteiger partial charge in [-0.05, 0) is 30.7 Å². The van der Waals surface area contributed by atoms with Gasteiger partial charge in [0.1, 0.15) is 5.75 Å². The minimum atomic E-state index is -0.873. The van der Waals surface area contributed by atoms with Crippen LogP contribution in [0.2, 0.25) is 0 Å². The zero-order chi connectivity index (χ0) is 19.6. The molecule has 1 aliphatic heterocycles. The van der Waals surface area contributed by atoms with E-state index in [4.69, 9.17) is 4.74 Å². The van der Waals surface area contributed by atoms with Gasteiger partial charge in [-0.15, -0.1) is 0 Å². The van der Waals surface area contributed by atoms with Crippen LogP contribution in [0.25, 0.3) is 0 Å². The van der Waals surface area contributed by atoms with Crippen molar-refractivity contribution in [3.05, 3.63) is 69.8 Å². The van der Waals surface area contributed by atoms with Gasteiger partial charge in [0, 0.05) is 17.7 Å². The monoisotopic (exact) mass is 368 g/mol. The Hall–Kier alpha value is -3.55. The van der Waals surface area contributed by atoms with Crippen LogP contribution >= 0.6 is 0 Å². The van der Waals surface area contributed by atoms with Crippen LogP contribution in [0.1, 0.15) is 34.1 Å². The fourth-order valence-electron chi connectivity index (χ4n) is 2.78. The van der Waals surface area contributed by atoms with Gasteiger partial charge in [0.05, 0.1) is 17.0 Å². The maximum absolute atomic E-state index is 12.8. The molecule has 1 heterocycles. The number of nitro groups is 1. The molecule has 8 nitrogen and oxygen atoms in total. The highest BCUT2D eigenvalue weighted by molar-refractivity contribution is 6.12. The van der Waals surface area contributed by atoms with Gasteiger partial charge in [-0.3, -0.25) is 29.4 Å². The van der Waals surface area contributed by atoms with Gasteiger partial charge in [-0.1, -0.05) is 19.1 Å². The van der Waals surface area contributed by atoms with Crippen molar-refractivity contribution in [2.45, 2.75) is 19.4 Å². The molecule has 27 heavy (non-hydrogen) atoms. The Bertz CT molecular complexity index is 922. The lowest BCUT2D eigenvalue weighted by Crippen LogP contribution is -2.45. The van der Waals surface area contributed by atoms with Crippen LogP contribution in [0, 0.1) is 10.1 Å². The Balaban J connectivity index is 1.89. The van der Waals surface area contributed by atoms with Gasteiger partial charge in [-0.25, -0.2) is 0 Å². The summed E-state index contributed by atoms with van der Waals surface area (Å²) in [6.07, 6.45) is -0.537. The third-order valence-corrected chi connectivity index (χ3v) is 4.25. The van der Waals surface area contributed by atoms with E-state index in [0.29, 0.717) is 12.2 Å². The van der Waals surface area contributed by atoms with Crippen LogP contribution in [-0.4, -0.2) is 40.1 Å². The number of nitrogens with zero attached hydrogens (tertiary/aromatic N) is 2. The molecule has 0 saturated carbocycles. The summed E-state index contributed by atoms with van der Waals surface area (Å²) in [5.74, 6) is -1.40. The van der Waals surface area contributed by atoms with Crippen molar-refractivity contribution in [1.29, 1.82) is 0 Å². The second-order valence-electron chi connectivity index (χ2n) is 5.97. The first-order valence-corrected chi connectivity index (χ1v) is 8.31. The molecule has 0 aromatic heterocycles. The van der Waals surface area contributed by atoms with E-state index in [1.54, 1.807) is 25.1 Å². The van der Waals surface area contributed by atoms with Crippen LogP contribution in [0.4, 0.5) is 5.69 Å². The molecule has 138 valence electrons. The second kappa shape index (κ2) is 7.36. The number of non-ortho nitro benzene ring substituents is 1. The van der Waals surface area contributed by atoms with Gasteiger partial charge in [0.2, 0.25) is 0 Å². The van der Waals surface area contributed by atoms with E-state index in [1.807, 2.05) is 0 Å². The van der Waals surface area contributed by atoms with E-state index in [0.717, 1.165) is 4.90 Å². The Morgan fingerprint density at radius 3 is 2.44 bits per heavy atom. The standard InChI is InChI=1S/C19H16N2O6/c1-2-16-19(24)20(18(23)14-5-3-4-6-17(14)27-16)11-15(22)12-7-9-13(10-8-12)21(25)26/h3-10,16H,2,11H2,1H3. The molecule has 1 atom stereocenters. The molecule has 0 radical (unpaired) electrons. The molecule has 0 bridgehead atoms. The van der Waals surface area contributed by atoms with Gasteiger partial charge in [0.15, 0.2) is 11.9 Å². The predicted octanol–water partition coefficient (Wildman–Crippen LogP) is 2.62. The van der Waals surface area contributed by atoms with Crippen molar-refractivity contribution in [1.82, 2.24) is 4.90 Å². The molecule has 0 saturated heterocycles. The van der Waals surface area contributed by atoms with Crippen molar-refractivity contribution in [2.75, 3.05) is 6.54 Å². The summed E-state index contributed by atoms with van der Waals surface area (Å²) in [5.41, 5.74) is 0.229. The SMILES string of the molecule is CCC1Oc2ccccc2C(=O)N(CC(=O)c2ccc([N+](=O)[O-])cc2)C1=O. The number of carbonyl (C=O) groups is 3. The third kappa shape index (κ3) is 3.55. The number of fused-ring (bicyclic) bond motifs is 1. The molecule has 1 unspecified atom stereocenters. The molecule has 2 aromatic rings. The maximum atomic E-state index is 12.8. The summed E-state index contributed by atoms with van der Waals surface area (Å²) in [5, 5.41) is 10.7. The van der Waals surface area contributed by atoms with Crippen molar-refractivity contribution in [2.24, 2.45) is 0 Å². The number of carbonyl (C=O) groups excluding carboxylic acids is 3. The number of Topliss-reactive ketones (excluding diaryl/α,β-unsaturated/α-hetero) is 1. The average Bonchev–Trinajstić information content (AvgIpc) is 2.78. The van der Waals surface area contributed by atoms with Crippen LogP contribution in [0.5, 0.6) is 5.75 Å². The number of hydrogen-bond acceptors (Lipinski definition) is 6. The number of hydrogen-bond donors (Lipinski definition) is 0. The first kappa shape index (κ1) is 18.2. The number of imide groups is 1. The molecule has 0 N–H and O–H groups in total. The molecule has 2 amide bonds. The molecule has 0 spiro atoms. The number of para-hydroxylation sites is 1. The summed E-state index contributed by atoms with van der Waals surface area (Å²) < 4.78 is 5.65. The van der Waals surface area contributed by atoms with Crippen molar-refractivity contribution >= 4 is 23.3 Å². The number of benzene rings is 2. The molecule has 0 fully saturated rings. The quantitative estimate of drug-likeness (QED) is 0.347. The van der Waals surface area contributed by atoms with Crippen LogP contribution in [-0.2, 0) is 4.79 Å². The van der Waals surface area contributed by atoms with Gasteiger partial charge in [-0.2, -0.15) is 0 Å². The highest BCUT2D eigenvalue weighted by Crippen LogP contribution is 2.26. The van der Waals surface area contributed by atoms with Crippen LogP contribution < -0.4 is 4.74 Å². The molecule has 0 aliphatic carbocycles. The van der Waals surface area contributed by atoms with Crippen molar-refractivity contribution in [3.63, 3.8) is 0 Å². The average molecular weight is 368 g/mol. The van der Waals surface area contributed by atoms with Crippen molar-refractivity contribution in [3.8, 4) is 5.75 Å². The number of amides is 2. The minimum absolute atomic E-state index is 0.151. The molecule has 2 aromatic carbocycles. The van der Waals surface area contributed by atoms with Crippen LogP contribution in [0.15, 0.2) is 48.5 Å². The van der Waals surface area contributed by atoms with E-state index in [-0.39, 0.29) is 16.8 Å². The first-order chi connectivity index (χ1) is 12.9. The lowest BCUT2D eigenvalue weighted by molar-refractivity contribution is -0.384. The number of rotatable bonds is 5. The summed E-state index contributed by atoms with van der Waals surface area (Å²) in [6, 6.07) is 11.5. The number of ether oxygens (including phenoxy) is 1. The van der Waals surface area contributed by atoms with E-state index < -0.39 is 35.2 Å². The molecule has 8 heteroatoms. The Kier molecular flexibility index (Phi) is 4.98. The predicted molar refractivity (Wildman–Crippen MR) is 94.6 cm³/mol. The number of nitro benzene ring substituents is 1. The summed E-state index contributed by atoms with van der Waals surface area (Å²) in [7, 11) is 0.